The molecule has 0 aliphatic rings. The van der Waals surface area contributed by atoms with E-state index >= 15 is 0 Å². The minimum Gasteiger partial charge on any atom is -0.494 e. The Bertz CT molecular complexity index is 1700. The SMILES string of the molecule is Cc1c(O)[nH]c(O)c1C(=O)[C@@H](NC(=O)CC(NC(=O)C=Cc1ccc(-c2ccccc2)cc1)c1ccc(C(C)(C)C)cc1)C(C)C. The Balaban J connectivity index is 1.52. The number of aromatic amines is 1. The molecule has 0 aliphatic heterocycles. The zero-order chi connectivity index (χ0) is 33.6. The number of nitrogens with one attached hydrogen (secondary N) is 3. The molecule has 4 rings (SSSR count). The molecule has 8 nitrogen and oxygen atoms in total. The standard InChI is InChI=1S/C38H43N3O5/c1-23(2)34(35(44)33-24(3)36(45)41-37(33)46)40-32(43)22-30(28-17-19-29(20-18-28)38(4,5)6)39-31(42)21-14-25-12-15-27(16-13-25)26-10-8-7-9-11-26/h7-21,23,30,34,41,45-46H,22H2,1-6H3,(H,39,42)(H,40,43)/t30?,34-/m0/s1. The molecule has 240 valence electrons. The Morgan fingerprint density at radius 1 is 0.826 bits per heavy atom. The van der Waals surface area contributed by atoms with E-state index in [0.29, 0.717) is 0 Å². The molecule has 1 unspecified atom stereocenters. The number of carbonyl (C=O) groups is 3. The lowest BCUT2D eigenvalue weighted by molar-refractivity contribution is -0.123. The van der Waals surface area contributed by atoms with Gasteiger partial charge in [-0.05, 0) is 52.1 Å². The highest BCUT2D eigenvalue weighted by atomic mass is 16.3. The van der Waals surface area contributed by atoms with Gasteiger partial charge in [0.25, 0.3) is 0 Å². The summed E-state index contributed by atoms with van der Waals surface area (Å²) in [6.45, 7) is 11.4. The fraction of sp³-hybridized carbons (Fsp3) is 0.289. The average molecular weight is 622 g/mol. The van der Waals surface area contributed by atoms with E-state index < -0.39 is 29.7 Å². The van der Waals surface area contributed by atoms with Crippen molar-refractivity contribution in [3.05, 3.63) is 113 Å². The van der Waals surface area contributed by atoms with Gasteiger partial charge in [-0.2, -0.15) is 0 Å². The van der Waals surface area contributed by atoms with Crippen LogP contribution in [0.2, 0.25) is 0 Å². The minimum atomic E-state index is -0.967. The Hall–Kier alpha value is -5.11. The number of H-pyrrole nitrogens is 1. The quantitative estimate of drug-likeness (QED) is 0.0911. The number of aromatic hydroxyl groups is 2. The van der Waals surface area contributed by atoms with Crippen molar-refractivity contribution in [3.63, 3.8) is 0 Å². The van der Waals surface area contributed by atoms with E-state index in [1.807, 2.05) is 78.9 Å². The number of aromatic nitrogens is 1. The maximum absolute atomic E-state index is 13.4. The highest BCUT2D eigenvalue weighted by Crippen LogP contribution is 2.31. The molecule has 46 heavy (non-hydrogen) atoms. The monoisotopic (exact) mass is 621 g/mol. The maximum Gasteiger partial charge on any atom is 0.244 e. The summed E-state index contributed by atoms with van der Waals surface area (Å²) in [4.78, 5) is 42.3. The summed E-state index contributed by atoms with van der Waals surface area (Å²) in [7, 11) is 0. The van der Waals surface area contributed by atoms with E-state index in [1.54, 1.807) is 19.9 Å². The van der Waals surface area contributed by atoms with Crippen LogP contribution >= 0.6 is 0 Å². The van der Waals surface area contributed by atoms with Crippen LogP contribution in [0.25, 0.3) is 17.2 Å². The van der Waals surface area contributed by atoms with Gasteiger partial charge in [0, 0.05) is 11.6 Å². The van der Waals surface area contributed by atoms with Crippen LogP contribution in [0.3, 0.4) is 0 Å². The summed E-state index contributed by atoms with van der Waals surface area (Å²) in [5.74, 6) is -2.42. The second-order valence-corrected chi connectivity index (χ2v) is 12.9. The summed E-state index contributed by atoms with van der Waals surface area (Å²) in [5, 5.41) is 25.9. The summed E-state index contributed by atoms with van der Waals surface area (Å²) in [6, 6.07) is 24.0. The molecule has 0 saturated carbocycles. The Labute approximate surface area is 270 Å². The smallest absolute Gasteiger partial charge is 0.244 e. The lowest BCUT2D eigenvalue weighted by Gasteiger charge is -2.24. The van der Waals surface area contributed by atoms with Crippen LogP contribution in [-0.4, -0.2) is 38.8 Å². The Morgan fingerprint density at radius 3 is 1.98 bits per heavy atom. The molecule has 0 bridgehead atoms. The fourth-order valence-corrected chi connectivity index (χ4v) is 5.25. The van der Waals surface area contributed by atoms with Crippen molar-refractivity contribution in [1.29, 1.82) is 0 Å². The topological polar surface area (TPSA) is 132 Å². The van der Waals surface area contributed by atoms with Crippen molar-refractivity contribution in [1.82, 2.24) is 15.6 Å². The fourth-order valence-electron chi connectivity index (χ4n) is 5.25. The normalized spacial score (nSPS) is 13.0. The second-order valence-electron chi connectivity index (χ2n) is 12.9. The second kappa shape index (κ2) is 14.3. The van der Waals surface area contributed by atoms with E-state index in [-0.39, 0.29) is 40.7 Å². The van der Waals surface area contributed by atoms with Crippen molar-refractivity contribution < 1.29 is 24.6 Å². The zero-order valence-corrected chi connectivity index (χ0v) is 27.2. The van der Waals surface area contributed by atoms with E-state index in [9.17, 15) is 24.6 Å². The van der Waals surface area contributed by atoms with Gasteiger partial charge in [0.1, 0.15) is 0 Å². The highest BCUT2D eigenvalue weighted by Gasteiger charge is 2.31. The molecule has 0 fully saturated rings. The van der Waals surface area contributed by atoms with Crippen molar-refractivity contribution in [2.75, 3.05) is 0 Å². The van der Waals surface area contributed by atoms with Crippen LogP contribution in [0.1, 0.15) is 79.7 Å². The molecule has 8 heteroatoms. The van der Waals surface area contributed by atoms with Gasteiger partial charge in [0.2, 0.25) is 17.7 Å². The van der Waals surface area contributed by atoms with Crippen molar-refractivity contribution in [3.8, 4) is 22.9 Å². The van der Waals surface area contributed by atoms with Crippen LogP contribution in [-0.2, 0) is 15.0 Å². The van der Waals surface area contributed by atoms with Crippen molar-refractivity contribution in [2.24, 2.45) is 5.92 Å². The molecular weight excluding hydrogens is 578 g/mol. The van der Waals surface area contributed by atoms with Crippen LogP contribution in [0.4, 0.5) is 0 Å². The first-order valence-corrected chi connectivity index (χ1v) is 15.4. The third-order valence-electron chi connectivity index (χ3n) is 8.05. The number of ketones is 1. The third kappa shape index (κ3) is 8.33. The van der Waals surface area contributed by atoms with Crippen molar-refractivity contribution >= 4 is 23.7 Å². The van der Waals surface area contributed by atoms with Gasteiger partial charge in [-0.15, -0.1) is 0 Å². The zero-order valence-electron chi connectivity index (χ0n) is 27.2. The van der Waals surface area contributed by atoms with E-state index in [1.165, 1.54) is 13.0 Å². The van der Waals surface area contributed by atoms with Gasteiger partial charge in [0.15, 0.2) is 11.7 Å². The summed E-state index contributed by atoms with van der Waals surface area (Å²) >= 11 is 0. The predicted octanol–water partition coefficient (Wildman–Crippen LogP) is 6.98. The number of Topliss-reactive ketones (excluding diaryl/α,β-unsaturated/α-hetero) is 1. The Morgan fingerprint density at radius 2 is 1.43 bits per heavy atom. The van der Waals surface area contributed by atoms with Gasteiger partial charge < -0.3 is 20.8 Å². The molecule has 4 aromatic rings. The number of hydrogen-bond donors (Lipinski definition) is 5. The predicted molar refractivity (Wildman–Crippen MR) is 182 cm³/mol. The largest absolute Gasteiger partial charge is 0.494 e. The number of benzene rings is 3. The van der Waals surface area contributed by atoms with Crippen LogP contribution < -0.4 is 10.6 Å². The van der Waals surface area contributed by atoms with Gasteiger partial charge in [-0.1, -0.05) is 113 Å². The molecule has 0 radical (unpaired) electrons. The lowest BCUT2D eigenvalue weighted by Crippen LogP contribution is -2.45. The first-order valence-electron chi connectivity index (χ1n) is 15.4. The maximum atomic E-state index is 13.4. The van der Waals surface area contributed by atoms with Gasteiger partial charge in [-0.25, -0.2) is 0 Å². The third-order valence-corrected chi connectivity index (χ3v) is 8.05. The molecular formula is C38H43N3O5. The molecule has 0 aliphatic carbocycles. The van der Waals surface area contributed by atoms with Gasteiger partial charge in [-0.3, -0.25) is 19.4 Å². The first kappa shape index (κ1) is 33.8. The molecule has 0 spiro atoms. The van der Waals surface area contributed by atoms with Crippen LogP contribution in [0.15, 0.2) is 84.9 Å². The van der Waals surface area contributed by atoms with Crippen LogP contribution in [0, 0.1) is 12.8 Å². The minimum absolute atomic E-state index is 0.0685. The molecule has 5 N–H and O–H groups in total. The number of rotatable bonds is 11. The van der Waals surface area contributed by atoms with E-state index in [0.717, 1.165) is 27.8 Å². The van der Waals surface area contributed by atoms with Crippen LogP contribution in [0.5, 0.6) is 11.8 Å². The van der Waals surface area contributed by atoms with Crippen molar-refractivity contribution in [2.45, 2.75) is 65.5 Å². The lowest BCUT2D eigenvalue weighted by atomic mass is 9.86. The van der Waals surface area contributed by atoms with Gasteiger partial charge in [0.05, 0.1) is 24.1 Å². The molecule has 1 aromatic heterocycles. The molecule has 2 amide bonds. The number of amides is 2. The number of hydrogen-bond acceptors (Lipinski definition) is 5. The first-order chi connectivity index (χ1) is 21.7. The molecule has 1 heterocycles. The Kier molecular flexibility index (Phi) is 10.5. The van der Waals surface area contributed by atoms with E-state index in [4.69, 9.17) is 0 Å². The molecule has 0 saturated heterocycles. The van der Waals surface area contributed by atoms with Gasteiger partial charge >= 0.3 is 0 Å². The summed E-state index contributed by atoms with van der Waals surface area (Å²) < 4.78 is 0. The summed E-state index contributed by atoms with van der Waals surface area (Å²) in [5.41, 5.74) is 4.95. The number of carbonyl (C=O) groups excluding carboxylic acids is 3. The highest BCUT2D eigenvalue weighted by molar-refractivity contribution is 6.05. The average Bonchev–Trinajstić information content (AvgIpc) is 3.28. The van der Waals surface area contributed by atoms with E-state index in [2.05, 4.69) is 36.4 Å². The molecule has 2 atom stereocenters. The molecule has 3 aromatic carbocycles. The summed E-state index contributed by atoms with van der Waals surface area (Å²) in [6.07, 6.45) is 3.04.